The Morgan fingerprint density at radius 1 is 1.09 bits per heavy atom. The van der Waals surface area contributed by atoms with E-state index in [2.05, 4.69) is 24.5 Å². The van der Waals surface area contributed by atoms with E-state index in [1.54, 1.807) is 24.3 Å². The van der Waals surface area contributed by atoms with Gasteiger partial charge in [0.25, 0.3) is 5.56 Å². The highest BCUT2D eigenvalue weighted by Gasteiger charge is 2.18. The third-order valence-corrected chi connectivity index (χ3v) is 5.55. The lowest BCUT2D eigenvalue weighted by molar-refractivity contribution is 0.203. The number of aliphatic hydroxyl groups is 2. The third kappa shape index (κ3) is 4.36. The minimum atomic E-state index is -0.702. The molecule has 4 aromatic rings. The van der Waals surface area contributed by atoms with Crippen LogP contribution < -0.4 is 16.2 Å². The Labute approximate surface area is 189 Å². The largest absolute Gasteiger partial charge is 0.394 e. The first-order chi connectivity index (χ1) is 15.4. The zero-order chi connectivity index (χ0) is 22.8. The van der Waals surface area contributed by atoms with E-state index in [1.807, 2.05) is 6.07 Å². The van der Waals surface area contributed by atoms with E-state index < -0.39 is 11.9 Å². The molecular weight excluding hydrogens is 454 g/mol. The molecule has 0 fully saturated rings. The van der Waals surface area contributed by atoms with Gasteiger partial charge >= 0.3 is 0 Å². The van der Waals surface area contributed by atoms with Gasteiger partial charge in [0.2, 0.25) is 5.95 Å². The van der Waals surface area contributed by atoms with Crippen LogP contribution in [-0.2, 0) is 0 Å². The van der Waals surface area contributed by atoms with Crippen LogP contribution in [0.25, 0.3) is 28.0 Å². The molecule has 0 radical (unpaired) electrons. The highest BCUT2D eigenvalue weighted by molar-refractivity contribution is 7.27. The molecule has 2 aromatic heterocycles. The highest BCUT2D eigenvalue weighted by atomic mass is 35.5. The second-order valence-electron chi connectivity index (χ2n) is 7.06. The van der Waals surface area contributed by atoms with Gasteiger partial charge in [-0.2, -0.15) is 4.98 Å². The summed E-state index contributed by atoms with van der Waals surface area (Å²) < 4.78 is 15.1. The predicted molar refractivity (Wildman–Crippen MR) is 126 cm³/mol. The van der Waals surface area contributed by atoms with Crippen molar-refractivity contribution < 1.29 is 14.6 Å². The van der Waals surface area contributed by atoms with Crippen LogP contribution >= 0.6 is 20.8 Å². The van der Waals surface area contributed by atoms with Crippen molar-refractivity contribution in [1.29, 1.82) is 0 Å². The molecule has 0 amide bonds. The van der Waals surface area contributed by atoms with E-state index in [0.29, 0.717) is 32.7 Å². The topological polar surface area (TPSA) is 100 Å². The van der Waals surface area contributed by atoms with E-state index in [1.165, 1.54) is 28.8 Å². The second kappa shape index (κ2) is 9.30. The quantitative estimate of drug-likeness (QED) is 0.373. The Hall–Kier alpha value is -2.90. The number of fused-ring (bicyclic) bond motifs is 1. The molecule has 1 unspecified atom stereocenters. The first-order valence-corrected chi connectivity index (χ1v) is 10.6. The lowest BCUT2D eigenvalue weighted by Crippen LogP contribution is -2.29. The summed E-state index contributed by atoms with van der Waals surface area (Å²) >= 11 is 6.18. The third-order valence-electron chi connectivity index (χ3n) is 4.85. The molecule has 7 nitrogen and oxygen atoms in total. The molecule has 0 spiro atoms. The van der Waals surface area contributed by atoms with Gasteiger partial charge in [-0.3, -0.25) is 9.36 Å². The number of hydrogen-bond donors (Lipinski definition) is 3. The van der Waals surface area contributed by atoms with Crippen molar-refractivity contribution in [2.24, 2.45) is 0 Å². The maximum absolute atomic E-state index is 13.7. The Kier molecular flexibility index (Phi) is 6.48. The minimum Gasteiger partial charge on any atom is -0.394 e. The molecule has 0 aliphatic carbocycles. The smallest absolute Gasteiger partial charge is 0.256 e. The SMILES string of the molecule is O=c1ccc2c(-c3cccc(Cl)c3)nc(NC(CO)CO)nc2n1-c1ccc(F)cc1P. The summed E-state index contributed by atoms with van der Waals surface area (Å²) in [7, 11) is 2.42. The van der Waals surface area contributed by atoms with Gasteiger partial charge in [0, 0.05) is 22.0 Å². The van der Waals surface area contributed by atoms with Gasteiger partial charge in [-0.05, 0) is 41.7 Å². The summed E-state index contributed by atoms with van der Waals surface area (Å²) in [4.78, 5) is 22.0. The van der Waals surface area contributed by atoms with Crippen molar-refractivity contribution in [2.75, 3.05) is 18.5 Å². The monoisotopic (exact) mass is 472 g/mol. The molecule has 0 saturated heterocycles. The van der Waals surface area contributed by atoms with Crippen molar-refractivity contribution in [3.63, 3.8) is 0 Å². The fraction of sp³-hybridized carbons (Fsp3) is 0.136. The van der Waals surface area contributed by atoms with Crippen LogP contribution in [0.4, 0.5) is 10.3 Å². The fourth-order valence-corrected chi connectivity index (χ4v) is 3.90. The number of nitrogens with one attached hydrogen (secondary N) is 1. The number of nitrogens with zero attached hydrogens (tertiary/aromatic N) is 3. The normalized spacial score (nSPS) is 11.3. The molecular formula is C22H19ClFN4O3P. The first-order valence-electron chi connectivity index (χ1n) is 9.64. The number of hydrogen-bond acceptors (Lipinski definition) is 6. The van der Waals surface area contributed by atoms with Crippen molar-refractivity contribution in [3.8, 4) is 16.9 Å². The van der Waals surface area contributed by atoms with E-state index in [9.17, 15) is 19.4 Å². The Balaban J connectivity index is 2.06. The van der Waals surface area contributed by atoms with Gasteiger partial charge in [-0.15, -0.1) is 9.24 Å². The zero-order valence-electron chi connectivity index (χ0n) is 16.7. The molecule has 2 aromatic carbocycles. The van der Waals surface area contributed by atoms with Crippen molar-refractivity contribution in [1.82, 2.24) is 14.5 Å². The Morgan fingerprint density at radius 3 is 2.56 bits per heavy atom. The highest BCUT2D eigenvalue weighted by Crippen LogP contribution is 2.29. The Morgan fingerprint density at radius 2 is 1.88 bits per heavy atom. The summed E-state index contributed by atoms with van der Waals surface area (Å²) in [6.45, 7) is -0.695. The molecule has 0 aliphatic rings. The van der Waals surface area contributed by atoms with Crippen LogP contribution in [-0.4, -0.2) is 44.0 Å². The molecule has 10 heteroatoms. The average molecular weight is 473 g/mol. The molecule has 0 aliphatic heterocycles. The number of benzene rings is 2. The molecule has 2 heterocycles. The van der Waals surface area contributed by atoms with E-state index in [-0.39, 0.29) is 30.4 Å². The summed E-state index contributed by atoms with van der Waals surface area (Å²) in [5, 5.41) is 23.4. The number of pyridine rings is 1. The van der Waals surface area contributed by atoms with Gasteiger partial charge in [0.05, 0.1) is 30.6 Å². The van der Waals surface area contributed by atoms with Crippen LogP contribution in [0.15, 0.2) is 59.4 Å². The maximum atomic E-state index is 13.7. The second-order valence-corrected chi connectivity index (χ2v) is 8.12. The maximum Gasteiger partial charge on any atom is 0.256 e. The molecule has 32 heavy (non-hydrogen) atoms. The van der Waals surface area contributed by atoms with Crippen molar-refractivity contribution in [2.45, 2.75) is 6.04 Å². The van der Waals surface area contributed by atoms with Gasteiger partial charge in [-0.25, -0.2) is 9.37 Å². The number of halogens is 2. The molecule has 3 N–H and O–H groups in total. The van der Waals surface area contributed by atoms with Crippen LogP contribution in [0.5, 0.6) is 0 Å². The summed E-state index contributed by atoms with van der Waals surface area (Å²) in [6, 6.07) is 13.4. The molecule has 1 atom stereocenters. The van der Waals surface area contributed by atoms with Crippen LogP contribution in [0.1, 0.15) is 0 Å². The van der Waals surface area contributed by atoms with Gasteiger partial charge in [-0.1, -0.05) is 23.7 Å². The number of aliphatic hydroxyl groups excluding tert-OH is 2. The summed E-state index contributed by atoms with van der Waals surface area (Å²) in [5.41, 5.74) is 1.53. The Bertz CT molecular complexity index is 1360. The van der Waals surface area contributed by atoms with E-state index >= 15 is 0 Å². The predicted octanol–water partition coefficient (Wildman–Crippen LogP) is 2.51. The zero-order valence-corrected chi connectivity index (χ0v) is 18.6. The van der Waals surface area contributed by atoms with Crippen molar-refractivity contribution in [3.05, 3.63) is 75.8 Å². The van der Waals surface area contributed by atoms with Crippen LogP contribution in [0, 0.1) is 5.82 Å². The summed E-state index contributed by atoms with van der Waals surface area (Å²) in [6.07, 6.45) is 0. The van der Waals surface area contributed by atoms with Gasteiger partial charge in [0.1, 0.15) is 5.82 Å². The first kappa shape index (κ1) is 22.3. The van der Waals surface area contributed by atoms with Crippen molar-refractivity contribution >= 4 is 43.1 Å². The van der Waals surface area contributed by atoms with E-state index in [4.69, 9.17) is 11.6 Å². The number of anilines is 1. The van der Waals surface area contributed by atoms with Crippen LogP contribution in [0.2, 0.25) is 5.02 Å². The average Bonchev–Trinajstić information content (AvgIpc) is 2.77. The molecule has 164 valence electrons. The lowest BCUT2D eigenvalue weighted by atomic mass is 10.1. The number of aromatic nitrogens is 3. The molecule has 0 saturated carbocycles. The van der Waals surface area contributed by atoms with Gasteiger partial charge in [0.15, 0.2) is 5.65 Å². The van der Waals surface area contributed by atoms with E-state index in [0.717, 1.165) is 0 Å². The summed E-state index contributed by atoms with van der Waals surface area (Å²) in [5.74, 6) is -0.329. The fourth-order valence-electron chi connectivity index (χ4n) is 3.33. The number of rotatable bonds is 6. The lowest BCUT2D eigenvalue weighted by Gasteiger charge is -2.18. The molecule has 4 rings (SSSR count). The minimum absolute atomic E-state index is 0.104. The standard InChI is InChI=1S/C22H19ClFN4O3P/c23-13-3-1-2-12(8-13)20-16-5-7-19(31)28(17-6-4-14(24)9-18(17)32)21(16)27-22(26-20)25-15(10-29)11-30/h1-9,15,29-30H,10-11,32H2,(H,25,26,27). The molecule has 0 bridgehead atoms. The van der Waals surface area contributed by atoms with Crippen LogP contribution in [0.3, 0.4) is 0 Å². The van der Waals surface area contributed by atoms with Gasteiger partial charge < -0.3 is 15.5 Å².